The molecule has 2 N–H and O–H groups in total. The van der Waals surface area contributed by atoms with E-state index < -0.39 is 0 Å². The zero-order valence-electron chi connectivity index (χ0n) is 8.77. The maximum Gasteiger partial charge on any atom is 0.140 e. The molecule has 4 heteroatoms. The molecule has 0 aliphatic heterocycles. The normalized spacial score (nSPS) is 10.5. The van der Waals surface area contributed by atoms with E-state index in [0.29, 0.717) is 5.82 Å². The Hall–Kier alpha value is -1.42. The molecule has 1 heterocycles. The van der Waals surface area contributed by atoms with Crippen molar-refractivity contribution in [3.05, 3.63) is 36.0 Å². The molecular weight excluding hydrogens is 206 g/mol. The smallest absolute Gasteiger partial charge is 0.140 e. The number of benzene rings is 1. The lowest BCUT2D eigenvalue weighted by Gasteiger charge is -2.05. The highest BCUT2D eigenvalue weighted by Gasteiger charge is 2.07. The molecule has 2 aromatic rings. The van der Waals surface area contributed by atoms with Crippen molar-refractivity contribution in [2.45, 2.75) is 11.8 Å². The van der Waals surface area contributed by atoms with Crippen molar-refractivity contribution in [1.82, 2.24) is 9.78 Å². The molecule has 0 spiro atoms. The van der Waals surface area contributed by atoms with E-state index in [1.165, 1.54) is 5.56 Å². The minimum atomic E-state index is 0.702. The van der Waals surface area contributed by atoms with Crippen molar-refractivity contribution < 1.29 is 0 Å². The molecule has 2 rings (SSSR count). The molecule has 0 fully saturated rings. The molecule has 0 amide bonds. The predicted octanol–water partition coefficient (Wildman–Crippen LogP) is 2.48. The number of rotatable bonds is 2. The maximum absolute atomic E-state index is 5.98. The van der Waals surface area contributed by atoms with Gasteiger partial charge in [-0.1, -0.05) is 12.1 Å². The SMILES string of the molecule is CSc1cnn(-c2cccc(C)c2)c1N. The topological polar surface area (TPSA) is 43.8 Å². The van der Waals surface area contributed by atoms with Crippen LogP contribution in [-0.2, 0) is 0 Å². The van der Waals surface area contributed by atoms with Crippen molar-refractivity contribution in [1.29, 1.82) is 0 Å². The molecule has 0 unspecified atom stereocenters. The molecule has 15 heavy (non-hydrogen) atoms. The second-order valence-corrected chi connectivity index (χ2v) is 4.20. The summed E-state index contributed by atoms with van der Waals surface area (Å²) in [7, 11) is 0. The average molecular weight is 219 g/mol. The number of nitrogens with two attached hydrogens (primary N) is 1. The van der Waals surface area contributed by atoms with Crippen LogP contribution >= 0.6 is 11.8 Å². The van der Waals surface area contributed by atoms with Crippen LogP contribution in [0, 0.1) is 6.92 Å². The Labute approximate surface area is 93.3 Å². The monoisotopic (exact) mass is 219 g/mol. The van der Waals surface area contributed by atoms with E-state index in [1.807, 2.05) is 18.4 Å². The van der Waals surface area contributed by atoms with Gasteiger partial charge in [0.2, 0.25) is 0 Å². The number of aryl methyl sites for hydroxylation is 1. The predicted molar refractivity (Wildman–Crippen MR) is 64.5 cm³/mol. The molecule has 3 nitrogen and oxygen atoms in total. The van der Waals surface area contributed by atoms with Crippen molar-refractivity contribution in [2.24, 2.45) is 0 Å². The van der Waals surface area contributed by atoms with Crippen LogP contribution in [0.25, 0.3) is 5.69 Å². The Balaban J connectivity index is 2.49. The van der Waals surface area contributed by atoms with Gasteiger partial charge in [-0.25, -0.2) is 4.68 Å². The number of thioether (sulfide) groups is 1. The first-order valence-corrected chi connectivity index (χ1v) is 5.89. The number of aromatic nitrogens is 2. The second kappa shape index (κ2) is 3.98. The molecule has 1 aromatic heterocycles. The van der Waals surface area contributed by atoms with Crippen LogP contribution in [0.4, 0.5) is 5.82 Å². The van der Waals surface area contributed by atoms with Crippen LogP contribution in [0.2, 0.25) is 0 Å². The average Bonchev–Trinajstić information content (AvgIpc) is 2.59. The summed E-state index contributed by atoms with van der Waals surface area (Å²) in [5.41, 5.74) is 8.18. The molecule has 0 atom stereocenters. The highest BCUT2D eigenvalue weighted by molar-refractivity contribution is 7.98. The van der Waals surface area contributed by atoms with Gasteiger partial charge in [0.15, 0.2) is 0 Å². The zero-order valence-corrected chi connectivity index (χ0v) is 9.58. The van der Waals surface area contributed by atoms with E-state index >= 15 is 0 Å². The van der Waals surface area contributed by atoms with Crippen LogP contribution in [0.3, 0.4) is 0 Å². The lowest BCUT2D eigenvalue weighted by Crippen LogP contribution is -2.02. The summed E-state index contributed by atoms with van der Waals surface area (Å²) < 4.78 is 1.76. The van der Waals surface area contributed by atoms with Crippen LogP contribution in [0.5, 0.6) is 0 Å². The first-order valence-electron chi connectivity index (χ1n) is 4.67. The summed E-state index contributed by atoms with van der Waals surface area (Å²) >= 11 is 1.61. The number of nitrogen functional groups attached to an aromatic ring is 1. The number of hydrogen-bond donors (Lipinski definition) is 1. The third-order valence-corrected chi connectivity index (χ3v) is 2.99. The van der Waals surface area contributed by atoms with E-state index in [4.69, 9.17) is 5.73 Å². The van der Waals surface area contributed by atoms with Gasteiger partial charge in [0.25, 0.3) is 0 Å². The summed E-state index contributed by atoms with van der Waals surface area (Å²) in [5, 5.41) is 4.27. The van der Waals surface area contributed by atoms with Gasteiger partial charge in [-0.15, -0.1) is 11.8 Å². The van der Waals surface area contributed by atoms with E-state index in [2.05, 4.69) is 24.2 Å². The van der Waals surface area contributed by atoms with Gasteiger partial charge in [-0.3, -0.25) is 0 Å². The van der Waals surface area contributed by atoms with Crippen LogP contribution in [0.1, 0.15) is 5.56 Å². The molecule has 0 radical (unpaired) electrons. The Morgan fingerprint density at radius 3 is 2.80 bits per heavy atom. The number of nitrogens with zero attached hydrogens (tertiary/aromatic N) is 2. The molecule has 0 aliphatic carbocycles. The van der Waals surface area contributed by atoms with Crippen LogP contribution < -0.4 is 5.73 Å². The van der Waals surface area contributed by atoms with Crippen molar-refractivity contribution >= 4 is 17.6 Å². The van der Waals surface area contributed by atoms with Crippen molar-refractivity contribution in [3.8, 4) is 5.69 Å². The van der Waals surface area contributed by atoms with Crippen molar-refractivity contribution in [2.75, 3.05) is 12.0 Å². The second-order valence-electron chi connectivity index (χ2n) is 3.35. The van der Waals surface area contributed by atoms with Gasteiger partial charge in [-0.2, -0.15) is 5.10 Å². The Bertz CT molecular complexity index is 476. The fourth-order valence-corrected chi connectivity index (χ4v) is 1.91. The summed E-state index contributed by atoms with van der Waals surface area (Å²) in [6.45, 7) is 2.05. The minimum Gasteiger partial charge on any atom is -0.383 e. The first kappa shape index (κ1) is 10.1. The van der Waals surface area contributed by atoms with Gasteiger partial charge in [0, 0.05) is 0 Å². The molecular formula is C11H13N3S. The standard InChI is InChI=1S/C11H13N3S/c1-8-4-3-5-9(6-8)14-11(12)10(15-2)7-13-14/h3-7H,12H2,1-2H3. The molecule has 1 aromatic carbocycles. The summed E-state index contributed by atoms with van der Waals surface area (Å²) in [6, 6.07) is 8.12. The lowest BCUT2D eigenvalue weighted by molar-refractivity contribution is 0.889. The Morgan fingerprint density at radius 2 is 2.20 bits per heavy atom. The number of hydrogen-bond acceptors (Lipinski definition) is 3. The fourth-order valence-electron chi connectivity index (χ4n) is 1.47. The van der Waals surface area contributed by atoms with Gasteiger partial charge in [0.05, 0.1) is 16.8 Å². The van der Waals surface area contributed by atoms with Crippen LogP contribution in [0.15, 0.2) is 35.4 Å². The zero-order chi connectivity index (χ0) is 10.8. The number of anilines is 1. The molecule has 0 saturated heterocycles. The highest BCUT2D eigenvalue weighted by Crippen LogP contribution is 2.24. The van der Waals surface area contributed by atoms with Crippen LogP contribution in [-0.4, -0.2) is 16.0 Å². The lowest BCUT2D eigenvalue weighted by atomic mass is 10.2. The summed E-state index contributed by atoms with van der Waals surface area (Å²) in [5.74, 6) is 0.702. The molecule has 78 valence electrons. The quantitative estimate of drug-likeness (QED) is 0.789. The van der Waals surface area contributed by atoms with E-state index in [1.54, 1.807) is 22.6 Å². The Kier molecular flexibility index (Phi) is 2.68. The van der Waals surface area contributed by atoms with Gasteiger partial charge in [-0.05, 0) is 30.9 Å². The molecule has 0 bridgehead atoms. The van der Waals surface area contributed by atoms with Gasteiger partial charge >= 0.3 is 0 Å². The summed E-state index contributed by atoms with van der Waals surface area (Å²) in [6.07, 6.45) is 3.79. The largest absolute Gasteiger partial charge is 0.383 e. The maximum atomic E-state index is 5.98. The van der Waals surface area contributed by atoms with Gasteiger partial charge in [0.1, 0.15) is 5.82 Å². The molecule has 0 saturated carbocycles. The van der Waals surface area contributed by atoms with E-state index in [9.17, 15) is 0 Å². The van der Waals surface area contributed by atoms with E-state index in [0.717, 1.165) is 10.6 Å². The third kappa shape index (κ3) is 1.85. The fraction of sp³-hybridized carbons (Fsp3) is 0.182. The van der Waals surface area contributed by atoms with Crippen molar-refractivity contribution in [3.63, 3.8) is 0 Å². The highest BCUT2D eigenvalue weighted by atomic mass is 32.2. The van der Waals surface area contributed by atoms with Gasteiger partial charge < -0.3 is 5.73 Å². The first-order chi connectivity index (χ1) is 7.22. The molecule has 0 aliphatic rings. The Morgan fingerprint density at radius 1 is 1.40 bits per heavy atom. The summed E-state index contributed by atoms with van der Waals surface area (Å²) in [4.78, 5) is 1.01. The third-order valence-electron chi connectivity index (χ3n) is 2.24. The minimum absolute atomic E-state index is 0.702. The van der Waals surface area contributed by atoms with E-state index in [-0.39, 0.29) is 0 Å².